The molecule has 5 heteroatoms. The van der Waals surface area contributed by atoms with Crippen molar-refractivity contribution in [2.24, 2.45) is 5.92 Å². The quantitative estimate of drug-likeness (QED) is 0.0880. The van der Waals surface area contributed by atoms with Crippen LogP contribution in [0.4, 0.5) is 0 Å². The number of esters is 2. The van der Waals surface area contributed by atoms with Gasteiger partial charge in [-0.1, -0.05) is 136 Å². The molecule has 5 nitrogen and oxygen atoms in total. The first-order valence-electron chi connectivity index (χ1n) is 15.5. The summed E-state index contributed by atoms with van der Waals surface area (Å²) in [5.41, 5.74) is 0. The summed E-state index contributed by atoms with van der Waals surface area (Å²) < 4.78 is 10.5. The predicted octanol–water partition coefficient (Wildman–Crippen LogP) is 8.69. The Labute approximate surface area is 223 Å². The lowest BCUT2D eigenvalue weighted by atomic mass is 10.0. The second-order valence-corrected chi connectivity index (χ2v) is 11.0. The van der Waals surface area contributed by atoms with Crippen LogP contribution >= 0.6 is 0 Å². The van der Waals surface area contributed by atoms with Crippen molar-refractivity contribution >= 4 is 11.9 Å². The SMILES string of the molecule is CCCCCCCCCC(=O)O[C@@H](CO)COC(=O)CCCCCCCCCCCCCCC(C)C. The molecular formula is C31H60O5. The molecule has 214 valence electrons. The minimum absolute atomic E-state index is 0.0597. The first-order valence-corrected chi connectivity index (χ1v) is 15.5. The van der Waals surface area contributed by atoms with Crippen LogP contribution in [-0.2, 0) is 19.1 Å². The normalized spacial score (nSPS) is 12.1. The number of hydrogen-bond acceptors (Lipinski definition) is 5. The van der Waals surface area contributed by atoms with Crippen molar-refractivity contribution in [1.82, 2.24) is 0 Å². The largest absolute Gasteiger partial charge is 0.462 e. The molecule has 0 fully saturated rings. The lowest BCUT2D eigenvalue weighted by Crippen LogP contribution is -2.28. The Morgan fingerprint density at radius 2 is 1.03 bits per heavy atom. The predicted molar refractivity (Wildman–Crippen MR) is 150 cm³/mol. The lowest BCUT2D eigenvalue weighted by Gasteiger charge is -2.15. The molecule has 0 aliphatic heterocycles. The van der Waals surface area contributed by atoms with E-state index in [1.165, 1.54) is 89.9 Å². The summed E-state index contributed by atoms with van der Waals surface area (Å²) in [6.45, 7) is 6.42. The fraction of sp³-hybridized carbons (Fsp3) is 0.935. The number of ether oxygens (including phenoxy) is 2. The van der Waals surface area contributed by atoms with Gasteiger partial charge in [0.15, 0.2) is 6.10 Å². The molecule has 0 amide bonds. The number of hydrogen-bond donors (Lipinski definition) is 1. The van der Waals surface area contributed by atoms with Crippen molar-refractivity contribution in [3.8, 4) is 0 Å². The molecule has 0 saturated carbocycles. The highest BCUT2D eigenvalue weighted by Crippen LogP contribution is 2.15. The summed E-state index contributed by atoms with van der Waals surface area (Å²) in [5, 5.41) is 9.43. The van der Waals surface area contributed by atoms with Gasteiger partial charge in [-0.2, -0.15) is 0 Å². The molecule has 36 heavy (non-hydrogen) atoms. The number of unbranched alkanes of at least 4 members (excludes halogenated alkanes) is 17. The molecule has 0 rings (SSSR count). The molecule has 1 N–H and O–H groups in total. The Balaban J connectivity index is 3.52. The van der Waals surface area contributed by atoms with Gasteiger partial charge in [-0.3, -0.25) is 9.59 Å². The van der Waals surface area contributed by atoms with Gasteiger partial charge in [0.2, 0.25) is 0 Å². The molecule has 0 saturated heterocycles. The fourth-order valence-electron chi connectivity index (χ4n) is 4.44. The lowest BCUT2D eigenvalue weighted by molar-refractivity contribution is -0.161. The van der Waals surface area contributed by atoms with E-state index in [0.29, 0.717) is 12.8 Å². The monoisotopic (exact) mass is 512 g/mol. The second-order valence-electron chi connectivity index (χ2n) is 11.0. The fourth-order valence-corrected chi connectivity index (χ4v) is 4.44. The van der Waals surface area contributed by atoms with Gasteiger partial charge in [0.05, 0.1) is 6.61 Å². The van der Waals surface area contributed by atoms with Gasteiger partial charge in [-0.25, -0.2) is 0 Å². The zero-order chi connectivity index (χ0) is 26.7. The molecule has 0 unspecified atom stereocenters. The topological polar surface area (TPSA) is 72.8 Å². The van der Waals surface area contributed by atoms with E-state index in [1.807, 2.05) is 0 Å². The number of aliphatic hydroxyl groups excluding tert-OH is 1. The molecule has 0 heterocycles. The maximum atomic E-state index is 12.0. The van der Waals surface area contributed by atoms with Gasteiger partial charge in [-0.05, 0) is 18.8 Å². The van der Waals surface area contributed by atoms with Crippen molar-refractivity contribution in [2.75, 3.05) is 13.2 Å². The summed E-state index contributed by atoms with van der Waals surface area (Å²) in [5.74, 6) is 0.250. The first kappa shape index (κ1) is 34.9. The Hall–Kier alpha value is -1.10. The van der Waals surface area contributed by atoms with Crippen LogP contribution in [0, 0.1) is 5.92 Å². The average Bonchev–Trinajstić information content (AvgIpc) is 2.85. The zero-order valence-corrected chi connectivity index (χ0v) is 24.2. The second kappa shape index (κ2) is 26.9. The Morgan fingerprint density at radius 1 is 0.611 bits per heavy atom. The molecule has 0 bridgehead atoms. The van der Waals surface area contributed by atoms with Crippen LogP contribution in [-0.4, -0.2) is 36.4 Å². The van der Waals surface area contributed by atoms with E-state index >= 15 is 0 Å². The Bertz CT molecular complexity index is 491. The van der Waals surface area contributed by atoms with E-state index in [-0.39, 0.29) is 25.2 Å². The van der Waals surface area contributed by atoms with Crippen molar-refractivity contribution in [3.05, 3.63) is 0 Å². The van der Waals surface area contributed by atoms with Gasteiger partial charge >= 0.3 is 11.9 Å². The number of aliphatic hydroxyl groups is 1. The average molecular weight is 513 g/mol. The molecular weight excluding hydrogens is 452 g/mol. The van der Waals surface area contributed by atoms with Crippen LogP contribution < -0.4 is 0 Å². The van der Waals surface area contributed by atoms with Gasteiger partial charge in [0.1, 0.15) is 6.61 Å². The zero-order valence-electron chi connectivity index (χ0n) is 24.2. The third-order valence-electron chi connectivity index (χ3n) is 6.83. The summed E-state index contributed by atoms with van der Waals surface area (Å²) >= 11 is 0. The molecule has 0 aromatic rings. The third-order valence-corrected chi connectivity index (χ3v) is 6.83. The van der Waals surface area contributed by atoms with E-state index in [2.05, 4.69) is 20.8 Å². The minimum atomic E-state index is -0.758. The van der Waals surface area contributed by atoms with E-state index in [1.54, 1.807) is 0 Å². The summed E-state index contributed by atoms with van der Waals surface area (Å²) in [6.07, 6.45) is 24.5. The van der Waals surface area contributed by atoms with E-state index in [9.17, 15) is 14.7 Å². The van der Waals surface area contributed by atoms with Crippen LogP contribution in [0.3, 0.4) is 0 Å². The number of carbonyl (C=O) groups is 2. The van der Waals surface area contributed by atoms with E-state index < -0.39 is 6.10 Å². The van der Waals surface area contributed by atoms with Gasteiger partial charge in [-0.15, -0.1) is 0 Å². The smallest absolute Gasteiger partial charge is 0.306 e. The van der Waals surface area contributed by atoms with E-state index in [0.717, 1.165) is 44.4 Å². The first-order chi connectivity index (χ1) is 17.5. The molecule has 0 spiro atoms. The van der Waals surface area contributed by atoms with E-state index in [4.69, 9.17) is 9.47 Å². The van der Waals surface area contributed by atoms with Crippen molar-refractivity contribution in [3.63, 3.8) is 0 Å². The standard InChI is InChI=1S/C31H60O5/c1-4-5-6-7-14-19-22-25-31(34)36-29(26-32)27-35-30(33)24-21-18-16-13-11-9-8-10-12-15-17-20-23-28(2)3/h28-29,32H,4-27H2,1-3H3/t29-/m0/s1. The summed E-state index contributed by atoms with van der Waals surface area (Å²) in [4.78, 5) is 23.9. The van der Waals surface area contributed by atoms with Crippen molar-refractivity contribution < 1.29 is 24.2 Å². The van der Waals surface area contributed by atoms with Crippen molar-refractivity contribution in [1.29, 1.82) is 0 Å². The number of carbonyl (C=O) groups excluding carboxylic acids is 2. The summed E-state index contributed by atoms with van der Waals surface area (Å²) in [7, 11) is 0. The molecule has 0 aromatic heterocycles. The molecule has 0 radical (unpaired) electrons. The molecule has 0 aliphatic carbocycles. The van der Waals surface area contributed by atoms with Crippen LogP contribution in [0.25, 0.3) is 0 Å². The van der Waals surface area contributed by atoms with Crippen molar-refractivity contribution in [2.45, 2.75) is 168 Å². The van der Waals surface area contributed by atoms with Gasteiger partial charge < -0.3 is 14.6 Å². The molecule has 0 aliphatic rings. The Kier molecular flexibility index (Phi) is 26.1. The van der Waals surface area contributed by atoms with Crippen LogP contribution in [0.15, 0.2) is 0 Å². The minimum Gasteiger partial charge on any atom is -0.462 e. The third kappa shape index (κ3) is 26.0. The molecule has 0 aromatic carbocycles. The Morgan fingerprint density at radius 3 is 1.47 bits per heavy atom. The van der Waals surface area contributed by atoms with Crippen LogP contribution in [0.2, 0.25) is 0 Å². The maximum absolute atomic E-state index is 12.0. The highest BCUT2D eigenvalue weighted by molar-refractivity contribution is 5.70. The van der Waals surface area contributed by atoms with Crippen LogP contribution in [0.5, 0.6) is 0 Å². The maximum Gasteiger partial charge on any atom is 0.306 e. The van der Waals surface area contributed by atoms with Crippen LogP contribution in [0.1, 0.15) is 162 Å². The van der Waals surface area contributed by atoms with Gasteiger partial charge in [0, 0.05) is 12.8 Å². The highest BCUT2D eigenvalue weighted by atomic mass is 16.6. The summed E-state index contributed by atoms with van der Waals surface area (Å²) in [6, 6.07) is 0. The van der Waals surface area contributed by atoms with Gasteiger partial charge in [0.25, 0.3) is 0 Å². The highest BCUT2D eigenvalue weighted by Gasteiger charge is 2.16. The number of rotatable bonds is 27. The molecule has 1 atom stereocenters.